The number of rotatable bonds is 1. The summed E-state index contributed by atoms with van der Waals surface area (Å²) in [5.41, 5.74) is 5.93. The molecule has 2 rings (SSSR count). The molecule has 2 aliphatic rings. The Morgan fingerprint density at radius 3 is 2.68 bits per heavy atom. The number of imide groups is 1. The molecule has 0 aromatic heterocycles. The van der Waals surface area contributed by atoms with Gasteiger partial charge in [-0.25, -0.2) is 0 Å². The highest BCUT2D eigenvalue weighted by Crippen LogP contribution is 2.31. The molecule has 3 N–H and O–H groups in total. The molecule has 1 saturated carbocycles. The van der Waals surface area contributed by atoms with Crippen molar-refractivity contribution in [3.8, 4) is 0 Å². The van der Waals surface area contributed by atoms with E-state index >= 15 is 0 Å². The normalized spacial score (nSPS) is 36.1. The first kappa shape index (κ1) is 14.0. The molecule has 2 fully saturated rings. The maximum absolute atomic E-state index is 12.5. The fourth-order valence-electron chi connectivity index (χ4n) is 2.90. The van der Waals surface area contributed by atoms with Gasteiger partial charge in [0, 0.05) is 12.0 Å². The third kappa shape index (κ3) is 2.78. The van der Waals surface area contributed by atoms with Gasteiger partial charge in [-0.3, -0.25) is 19.7 Å². The molecule has 1 heterocycles. The van der Waals surface area contributed by atoms with Crippen LogP contribution in [0, 0.1) is 11.8 Å². The molecule has 0 spiro atoms. The van der Waals surface area contributed by atoms with E-state index in [4.69, 9.17) is 5.73 Å². The molecule has 0 bridgehead atoms. The van der Waals surface area contributed by atoms with Gasteiger partial charge in [0.1, 0.15) is 12.6 Å². The first-order valence-electron chi connectivity index (χ1n) is 6.80. The second-order valence-electron chi connectivity index (χ2n) is 5.71. The Morgan fingerprint density at radius 1 is 1.32 bits per heavy atom. The molecule has 106 valence electrons. The molecule has 0 aromatic carbocycles. The van der Waals surface area contributed by atoms with E-state index in [0.29, 0.717) is 6.42 Å². The Kier molecular flexibility index (Phi) is 3.89. The number of hydrogen-bond donors (Lipinski definition) is 2. The smallest absolute Gasteiger partial charge is 0.249 e. The topological polar surface area (TPSA) is 92.5 Å². The number of piperazine rings is 1. The predicted molar refractivity (Wildman–Crippen MR) is 68.8 cm³/mol. The number of carbonyl (C=O) groups excluding carboxylic acids is 3. The van der Waals surface area contributed by atoms with Crippen molar-refractivity contribution in [3.05, 3.63) is 0 Å². The summed E-state index contributed by atoms with van der Waals surface area (Å²) in [5, 5.41) is 2.24. The summed E-state index contributed by atoms with van der Waals surface area (Å²) in [6, 6.07) is -0.551. The Morgan fingerprint density at radius 2 is 2.00 bits per heavy atom. The van der Waals surface area contributed by atoms with Crippen LogP contribution in [-0.4, -0.2) is 41.2 Å². The van der Waals surface area contributed by atoms with Crippen LogP contribution >= 0.6 is 0 Å². The Hall–Kier alpha value is -1.43. The van der Waals surface area contributed by atoms with Crippen molar-refractivity contribution in [2.24, 2.45) is 17.6 Å². The van der Waals surface area contributed by atoms with Crippen LogP contribution < -0.4 is 11.1 Å². The molecule has 0 aromatic rings. The summed E-state index contributed by atoms with van der Waals surface area (Å²) < 4.78 is 0. The lowest BCUT2D eigenvalue weighted by atomic mass is 9.77. The van der Waals surface area contributed by atoms with Gasteiger partial charge in [-0.1, -0.05) is 6.92 Å². The van der Waals surface area contributed by atoms with Crippen LogP contribution in [0.5, 0.6) is 0 Å². The third-order valence-electron chi connectivity index (χ3n) is 4.26. The van der Waals surface area contributed by atoms with Crippen molar-refractivity contribution in [1.82, 2.24) is 10.2 Å². The summed E-state index contributed by atoms with van der Waals surface area (Å²) >= 11 is 0. The second kappa shape index (κ2) is 5.28. The molecule has 1 aliphatic carbocycles. The van der Waals surface area contributed by atoms with Crippen LogP contribution in [0.4, 0.5) is 0 Å². The Bertz CT molecular complexity index is 410. The molecular formula is C13H21N3O3. The van der Waals surface area contributed by atoms with Gasteiger partial charge in [0.05, 0.1) is 0 Å². The van der Waals surface area contributed by atoms with Crippen molar-refractivity contribution in [1.29, 1.82) is 0 Å². The highest BCUT2D eigenvalue weighted by molar-refractivity contribution is 6.04. The zero-order chi connectivity index (χ0) is 14.2. The molecule has 1 saturated heterocycles. The number of hydrogen-bond acceptors (Lipinski definition) is 4. The number of nitrogens with zero attached hydrogens (tertiary/aromatic N) is 1. The second-order valence-corrected chi connectivity index (χ2v) is 5.71. The zero-order valence-electron chi connectivity index (χ0n) is 11.4. The largest absolute Gasteiger partial charge is 0.328 e. The van der Waals surface area contributed by atoms with Gasteiger partial charge >= 0.3 is 0 Å². The average Bonchev–Trinajstić information content (AvgIpc) is 2.36. The van der Waals surface area contributed by atoms with Crippen molar-refractivity contribution < 1.29 is 14.4 Å². The fraction of sp³-hybridized carbons (Fsp3) is 0.769. The van der Waals surface area contributed by atoms with E-state index in [1.54, 1.807) is 6.92 Å². The van der Waals surface area contributed by atoms with Crippen LogP contribution in [0.25, 0.3) is 0 Å². The molecular weight excluding hydrogens is 246 g/mol. The quantitative estimate of drug-likeness (QED) is 0.634. The van der Waals surface area contributed by atoms with Crippen LogP contribution in [0.1, 0.15) is 33.1 Å². The molecule has 3 amide bonds. The number of carbonyl (C=O) groups is 3. The molecule has 19 heavy (non-hydrogen) atoms. The first-order chi connectivity index (χ1) is 8.90. The lowest BCUT2D eigenvalue weighted by Crippen LogP contribution is -2.60. The summed E-state index contributed by atoms with van der Waals surface area (Å²) in [5.74, 6) is -0.857. The minimum atomic E-state index is -0.587. The van der Waals surface area contributed by atoms with Crippen LogP contribution in [0.3, 0.4) is 0 Å². The van der Waals surface area contributed by atoms with Gasteiger partial charge in [-0.15, -0.1) is 0 Å². The summed E-state index contributed by atoms with van der Waals surface area (Å²) in [4.78, 5) is 36.9. The van der Waals surface area contributed by atoms with Gasteiger partial charge in [-0.2, -0.15) is 0 Å². The van der Waals surface area contributed by atoms with Crippen LogP contribution in [0.15, 0.2) is 0 Å². The molecule has 0 radical (unpaired) electrons. The highest BCUT2D eigenvalue weighted by atomic mass is 16.2. The summed E-state index contributed by atoms with van der Waals surface area (Å²) in [6.45, 7) is 3.64. The molecule has 4 unspecified atom stereocenters. The molecule has 1 aliphatic heterocycles. The standard InChI is InChI=1S/C13H21N3O3/c1-7-3-4-9(14)5-10(7)13(19)16-6-11(17)15-12(18)8(16)2/h7-10H,3-6,14H2,1-2H3,(H,15,17,18). The minimum Gasteiger partial charge on any atom is -0.328 e. The fourth-order valence-corrected chi connectivity index (χ4v) is 2.90. The maximum atomic E-state index is 12.5. The van der Waals surface area contributed by atoms with Crippen LogP contribution in [-0.2, 0) is 14.4 Å². The van der Waals surface area contributed by atoms with Gasteiger partial charge in [0.2, 0.25) is 17.7 Å². The lowest BCUT2D eigenvalue weighted by molar-refractivity contribution is -0.153. The molecule has 6 nitrogen and oxygen atoms in total. The van der Waals surface area contributed by atoms with Crippen molar-refractivity contribution in [2.75, 3.05) is 6.54 Å². The lowest BCUT2D eigenvalue weighted by Gasteiger charge is -2.38. The SMILES string of the molecule is CC1CCC(N)CC1C(=O)N1CC(=O)NC(=O)C1C. The zero-order valence-corrected chi connectivity index (χ0v) is 11.4. The Balaban J connectivity index is 2.13. The van der Waals surface area contributed by atoms with Crippen molar-refractivity contribution in [2.45, 2.75) is 45.2 Å². The van der Waals surface area contributed by atoms with E-state index < -0.39 is 17.9 Å². The van der Waals surface area contributed by atoms with E-state index in [9.17, 15) is 14.4 Å². The van der Waals surface area contributed by atoms with Gasteiger partial charge in [0.25, 0.3) is 0 Å². The van der Waals surface area contributed by atoms with E-state index in [-0.39, 0.29) is 30.3 Å². The van der Waals surface area contributed by atoms with Crippen molar-refractivity contribution >= 4 is 17.7 Å². The summed E-state index contributed by atoms with van der Waals surface area (Å²) in [7, 11) is 0. The molecule has 4 atom stereocenters. The van der Waals surface area contributed by atoms with Gasteiger partial charge < -0.3 is 10.6 Å². The first-order valence-corrected chi connectivity index (χ1v) is 6.80. The van der Waals surface area contributed by atoms with E-state index in [1.165, 1.54) is 4.90 Å². The van der Waals surface area contributed by atoms with Gasteiger partial charge in [-0.05, 0) is 32.1 Å². The van der Waals surface area contributed by atoms with E-state index in [2.05, 4.69) is 5.32 Å². The van der Waals surface area contributed by atoms with Crippen LogP contribution in [0.2, 0.25) is 0 Å². The van der Waals surface area contributed by atoms with Gasteiger partial charge in [0.15, 0.2) is 0 Å². The monoisotopic (exact) mass is 267 g/mol. The predicted octanol–water partition coefficient (Wildman–Crippen LogP) is -0.377. The number of nitrogens with two attached hydrogens (primary N) is 1. The number of nitrogens with one attached hydrogen (secondary N) is 1. The highest BCUT2D eigenvalue weighted by Gasteiger charge is 2.40. The van der Waals surface area contributed by atoms with Crippen molar-refractivity contribution in [3.63, 3.8) is 0 Å². The van der Waals surface area contributed by atoms with E-state index in [1.807, 2.05) is 6.92 Å². The molecule has 6 heteroatoms. The number of amides is 3. The minimum absolute atomic E-state index is 0.0368. The summed E-state index contributed by atoms with van der Waals surface area (Å²) in [6.07, 6.45) is 2.49. The van der Waals surface area contributed by atoms with E-state index in [0.717, 1.165) is 12.8 Å². The average molecular weight is 267 g/mol. The Labute approximate surface area is 112 Å². The maximum Gasteiger partial charge on any atom is 0.249 e. The third-order valence-corrected chi connectivity index (χ3v) is 4.26.